The van der Waals surface area contributed by atoms with Gasteiger partial charge in [-0.05, 0) is 49.4 Å². The van der Waals surface area contributed by atoms with E-state index in [-0.39, 0.29) is 25.7 Å². The highest BCUT2D eigenvalue weighted by Gasteiger charge is 2.30. The van der Waals surface area contributed by atoms with Crippen LogP contribution in [-0.4, -0.2) is 96.7 Å². The average Bonchev–Trinajstić information content (AvgIpc) is 1.37. The van der Waals surface area contributed by atoms with Gasteiger partial charge in [-0.15, -0.1) is 0 Å². The van der Waals surface area contributed by atoms with Crippen molar-refractivity contribution in [3.8, 4) is 0 Å². The van der Waals surface area contributed by atoms with Crippen LogP contribution in [0.3, 0.4) is 0 Å². The fourth-order valence-electron chi connectivity index (χ4n) is 11.0. The van der Waals surface area contributed by atoms with Crippen LogP contribution in [-0.2, 0) is 65.4 Å². The van der Waals surface area contributed by atoms with Crippen molar-refractivity contribution in [3.63, 3.8) is 0 Å². The zero-order valence-corrected chi connectivity index (χ0v) is 62.0. The molecule has 0 heterocycles. The number of hydrogen-bond acceptors (Lipinski definition) is 15. The molecule has 0 rings (SSSR count). The van der Waals surface area contributed by atoms with Gasteiger partial charge in [0.25, 0.3) is 0 Å². The fourth-order valence-corrected chi connectivity index (χ4v) is 12.6. The van der Waals surface area contributed by atoms with Crippen LogP contribution in [0.15, 0.2) is 0 Å². The Kier molecular flexibility index (Phi) is 61.3. The van der Waals surface area contributed by atoms with Crippen LogP contribution in [0.2, 0.25) is 0 Å². The van der Waals surface area contributed by atoms with Gasteiger partial charge in [0.15, 0.2) is 12.2 Å². The summed E-state index contributed by atoms with van der Waals surface area (Å²) < 4.78 is 68.4. The summed E-state index contributed by atoms with van der Waals surface area (Å²) >= 11 is 0. The maximum absolute atomic E-state index is 13.0. The predicted molar refractivity (Wildman–Crippen MR) is 372 cm³/mol. The highest BCUT2D eigenvalue weighted by Crippen LogP contribution is 2.45. The second kappa shape index (κ2) is 62.6. The SMILES string of the molecule is CC(C)CCCCCCCCCCCCCCC(=O)O[C@H](COC(=O)CCCCCCCCCCCC(C)C)COP(=O)(O)OCC(O)COP(=O)(O)OC[C@@H](COC(=O)CCCCCCCCCCC(C)C)OC(=O)CCCCCCCCCCCCCC(C)C. The van der Waals surface area contributed by atoms with Crippen molar-refractivity contribution in [2.24, 2.45) is 23.7 Å². The molecule has 17 nitrogen and oxygen atoms in total. The van der Waals surface area contributed by atoms with Gasteiger partial charge in [0.05, 0.1) is 26.4 Å². The van der Waals surface area contributed by atoms with Gasteiger partial charge in [-0.1, -0.05) is 312 Å². The van der Waals surface area contributed by atoms with E-state index in [1.165, 1.54) is 167 Å². The summed E-state index contributed by atoms with van der Waals surface area (Å²) in [6.45, 7) is 14.1. The Morgan fingerprint density at radius 1 is 0.272 bits per heavy atom. The molecule has 0 spiro atoms. The lowest BCUT2D eigenvalue weighted by Crippen LogP contribution is -2.30. The number of hydrogen-bond donors (Lipinski definition) is 3. The van der Waals surface area contributed by atoms with Crippen molar-refractivity contribution < 1.29 is 80.2 Å². The molecule has 3 unspecified atom stereocenters. The first kappa shape index (κ1) is 90.1. The maximum Gasteiger partial charge on any atom is 0.472 e. The van der Waals surface area contributed by atoms with Crippen LogP contribution in [0.5, 0.6) is 0 Å². The molecular weight excluding hydrogens is 1210 g/mol. The Balaban J connectivity index is 5.27. The van der Waals surface area contributed by atoms with Crippen LogP contribution >= 0.6 is 15.6 Å². The van der Waals surface area contributed by atoms with Gasteiger partial charge in [-0.2, -0.15) is 0 Å². The van der Waals surface area contributed by atoms with Gasteiger partial charge in [0.2, 0.25) is 0 Å². The molecule has 0 saturated carbocycles. The molecule has 0 aromatic heterocycles. The number of phosphoric ester groups is 2. The number of esters is 4. The van der Waals surface area contributed by atoms with Gasteiger partial charge in [0.1, 0.15) is 19.3 Å². The Bertz CT molecular complexity index is 1820. The Labute approximate surface area is 562 Å². The molecule has 19 heteroatoms. The van der Waals surface area contributed by atoms with Crippen LogP contribution < -0.4 is 0 Å². The molecule has 546 valence electrons. The summed E-state index contributed by atoms with van der Waals surface area (Å²) in [6.07, 6.45) is 45.8. The predicted octanol–water partition coefficient (Wildman–Crippen LogP) is 20.9. The van der Waals surface area contributed by atoms with E-state index in [0.29, 0.717) is 25.7 Å². The molecule has 0 radical (unpaired) electrons. The molecule has 0 fully saturated rings. The number of aliphatic hydroxyl groups excluding tert-OH is 1. The Hall–Kier alpha value is -1.94. The molecule has 0 amide bonds. The minimum atomic E-state index is -4.95. The van der Waals surface area contributed by atoms with Gasteiger partial charge in [-0.3, -0.25) is 37.3 Å². The number of aliphatic hydroxyl groups is 1. The zero-order chi connectivity index (χ0) is 68.2. The first-order valence-electron chi connectivity index (χ1n) is 37.7. The largest absolute Gasteiger partial charge is 0.472 e. The standard InChI is InChI=1S/C73H142O17P2/c1-63(2)49-41-33-25-17-12-9-10-14-20-31-39-47-55-72(77)89-68(59-83-70(75)53-45-37-29-22-16-19-27-35-43-51-65(5)6)61-87-91(79,80)85-57-67(74)58-86-92(81,82)88-62-69(60-84-71(76)54-46-38-30-24-23-28-36-44-52-66(7)8)90-73(78)56-48-40-32-21-15-11-13-18-26-34-42-50-64(3)4/h63-69,74H,9-62H2,1-8H3,(H,79,80)(H,81,82)/t67?,68-,69-/m1/s1. The summed E-state index contributed by atoms with van der Waals surface area (Å²) in [7, 11) is -9.91. The van der Waals surface area contributed by atoms with Crippen molar-refractivity contribution in [2.75, 3.05) is 39.6 Å². The van der Waals surface area contributed by atoms with Crippen LogP contribution in [0.25, 0.3) is 0 Å². The smallest absolute Gasteiger partial charge is 0.462 e. The third kappa shape index (κ3) is 66.7. The molecule has 5 atom stereocenters. The number of phosphoric acid groups is 2. The molecule has 0 aliphatic rings. The minimum absolute atomic E-state index is 0.105. The van der Waals surface area contributed by atoms with Crippen molar-refractivity contribution in [2.45, 2.75) is 382 Å². The van der Waals surface area contributed by atoms with E-state index in [1.54, 1.807) is 0 Å². The maximum atomic E-state index is 13.0. The van der Waals surface area contributed by atoms with Crippen LogP contribution in [0.1, 0.15) is 364 Å². The average molecular weight is 1350 g/mol. The molecule has 0 aliphatic heterocycles. The molecule has 0 bridgehead atoms. The van der Waals surface area contributed by atoms with E-state index in [0.717, 1.165) is 114 Å². The van der Waals surface area contributed by atoms with E-state index >= 15 is 0 Å². The molecule has 92 heavy (non-hydrogen) atoms. The zero-order valence-electron chi connectivity index (χ0n) is 60.2. The summed E-state index contributed by atoms with van der Waals surface area (Å²) in [5.74, 6) is 0.887. The van der Waals surface area contributed by atoms with Crippen molar-refractivity contribution in [3.05, 3.63) is 0 Å². The highest BCUT2D eigenvalue weighted by molar-refractivity contribution is 7.47. The first-order chi connectivity index (χ1) is 44.1. The van der Waals surface area contributed by atoms with Gasteiger partial charge in [-0.25, -0.2) is 9.13 Å². The number of carbonyl (C=O) groups is 4. The van der Waals surface area contributed by atoms with Gasteiger partial charge >= 0.3 is 39.5 Å². The highest BCUT2D eigenvalue weighted by atomic mass is 31.2. The molecular formula is C73H142O17P2. The lowest BCUT2D eigenvalue weighted by atomic mass is 10.0. The van der Waals surface area contributed by atoms with E-state index in [4.69, 9.17) is 37.0 Å². The molecule has 0 aliphatic carbocycles. The number of carbonyl (C=O) groups excluding carboxylic acids is 4. The van der Waals surface area contributed by atoms with Crippen molar-refractivity contribution in [1.29, 1.82) is 0 Å². The second-order valence-corrected chi connectivity index (χ2v) is 31.1. The van der Waals surface area contributed by atoms with E-state index in [9.17, 15) is 43.2 Å². The number of rotatable bonds is 70. The van der Waals surface area contributed by atoms with Crippen molar-refractivity contribution >= 4 is 39.5 Å². The van der Waals surface area contributed by atoms with E-state index < -0.39 is 97.5 Å². The minimum Gasteiger partial charge on any atom is -0.462 e. The summed E-state index contributed by atoms with van der Waals surface area (Å²) in [4.78, 5) is 72.7. The fraction of sp³-hybridized carbons (Fsp3) is 0.945. The summed E-state index contributed by atoms with van der Waals surface area (Å²) in [6, 6.07) is 0. The number of ether oxygens (including phenoxy) is 4. The van der Waals surface area contributed by atoms with Crippen LogP contribution in [0.4, 0.5) is 0 Å². The third-order valence-corrected chi connectivity index (χ3v) is 18.7. The molecule has 0 aromatic rings. The van der Waals surface area contributed by atoms with Crippen molar-refractivity contribution in [1.82, 2.24) is 0 Å². The van der Waals surface area contributed by atoms with E-state index in [2.05, 4.69) is 55.4 Å². The summed E-state index contributed by atoms with van der Waals surface area (Å²) in [5, 5.41) is 10.6. The Morgan fingerprint density at radius 2 is 0.457 bits per heavy atom. The second-order valence-electron chi connectivity index (χ2n) is 28.2. The quantitative estimate of drug-likeness (QED) is 0.0222. The molecule has 0 aromatic carbocycles. The third-order valence-electron chi connectivity index (χ3n) is 16.8. The lowest BCUT2D eigenvalue weighted by Gasteiger charge is -2.21. The molecule has 3 N–H and O–H groups in total. The van der Waals surface area contributed by atoms with Crippen LogP contribution in [0, 0.1) is 23.7 Å². The van der Waals surface area contributed by atoms with E-state index in [1.807, 2.05) is 0 Å². The first-order valence-corrected chi connectivity index (χ1v) is 40.7. The van der Waals surface area contributed by atoms with Gasteiger partial charge in [0, 0.05) is 25.7 Å². The topological polar surface area (TPSA) is 237 Å². The Morgan fingerprint density at radius 3 is 0.674 bits per heavy atom. The molecule has 0 saturated heterocycles. The normalized spacial score (nSPS) is 14.2. The summed E-state index contributed by atoms with van der Waals surface area (Å²) in [5.41, 5.74) is 0. The lowest BCUT2D eigenvalue weighted by molar-refractivity contribution is -0.161. The van der Waals surface area contributed by atoms with Gasteiger partial charge < -0.3 is 33.8 Å². The monoisotopic (exact) mass is 1350 g/mol. The number of unbranched alkanes of at least 4 members (excludes halogenated alkanes) is 36.